The summed E-state index contributed by atoms with van der Waals surface area (Å²) in [7, 11) is -1.77. The van der Waals surface area contributed by atoms with Crippen LogP contribution in [0.5, 0.6) is 5.75 Å². The fraction of sp³-hybridized carbons (Fsp3) is 0.462. The van der Waals surface area contributed by atoms with Gasteiger partial charge in [-0.25, -0.2) is 12.8 Å². The van der Waals surface area contributed by atoms with Crippen molar-refractivity contribution in [1.82, 2.24) is 4.90 Å². The molecule has 1 aromatic carbocycles. The van der Waals surface area contributed by atoms with Crippen LogP contribution in [0.4, 0.5) is 4.39 Å². The minimum Gasteiger partial charge on any atom is -0.494 e. The molecule has 1 aromatic rings. The largest absolute Gasteiger partial charge is 0.494 e. The molecule has 0 spiro atoms. The van der Waals surface area contributed by atoms with Crippen molar-refractivity contribution in [3.05, 3.63) is 29.6 Å². The third kappa shape index (κ3) is 2.63. The van der Waals surface area contributed by atoms with Crippen LogP contribution >= 0.6 is 0 Å². The zero-order valence-electron chi connectivity index (χ0n) is 11.3. The lowest BCUT2D eigenvalue weighted by molar-refractivity contribution is 0.0658. The molecule has 110 valence electrons. The van der Waals surface area contributed by atoms with Gasteiger partial charge in [-0.15, -0.1) is 0 Å². The van der Waals surface area contributed by atoms with Gasteiger partial charge in [0.25, 0.3) is 5.91 Å². The number of ether oxygens (including phenoxy) is 1. The molecule has 2 rings (SSSR count). The van der Waals surface area contributed by atoms with Gasteiger partial charge in [0, 0.05) is 24.4 Å². The maximum atomic E-state index is 13.5. The number of nitrogens with zero attached hydrogens (tertiary/aromatic N) is 1. The topological polar surface area (TPSA) is 63.7 Å². The number of sulfone groups is 1. The second-order valence-electron chi connectivity index (χ2n) is 4.63. The van der Waals surface area contributed by atoms with Gasteiger partial charge in [-0.2, -0.15) is 0 Å². The molecule has 1 aliphatic heterocycles. The van der Waals surface area contributed by atoms with Gasteiger partial charge in [-0.1, -0.05) is 6.92 Å². The molecular weight excluding hydrogens is 285 g/mol. The van der Waals surface area contributed by atoms with Crippen molar-refractivity contribution in [2.75, 3.05) is 26.0 Å². The second kappa shape index (κ2) is 5.40. The number of carbonyl (C=O) groups is 1. The average molecular weight is 301 g/mol. The van der Waals surface area contributed by atoms with Crippen molar-refractivity contribution in [2.45, 2.75) is 12.2 Å². The Hall–Kier alpha value is -1.63. The number of methoxy groups -OCH3 is 1. The molecular formula is C13H16FNO4S. The molecule has 1 aliphatic rings. The zero-order chi connectivity index (χ0) is 14.9. The van der Waals surface area contributed by atoms with Crippen molar-refractivity contribution in [3.8, 4) is 5.75 Å². The van der Waals surface area contributed by atoms with Crippen LogP contribution in [-0.2, 0) is 9.84 Å². The fourth-order valence-corrected chi connectivity index (χ4v) is 3.33. The van der Waals surface area contributed by atoms with E-state index >= 15 is 0 Å². The van der Waals surface area contributed by atoms with Gasteiger partial charge in [0.15, 0.2) is 21.4 Å². The molecule has 1 fully saturated rings. The Morgan fingerprint density at radius 1 is 1.45 bits per heavy atom. The summed E-state index contributed by atoms with van der Waals surface area (Å²) in [4.78, 5) is 13.5. The highest BCUT2D eigenvalue weighted by Gasteiger charge is 2.38. The van der Waals surface area contributed by atoms with Gasteiger partial charge >= 0.3 is 0 Å². The third-order valence-corrected chi connectivity index (χ3v) is 5.56. The molecule has 0 atom stereocenters. The molecule has 5 nitrogen and oxygen atoms in total. The molecule has 7 heteroatoms. The van der Waals surface area contributed by atoms with Crippen LogP contribution in [0.1, 0.15) is 17.3 Å². The van der Waals surface area contributed by atoms with E-state index in [-0.39, 0.29) is 36.1 Å². The van der Waals surface area contributed by atoms with Crippen molar-refractivity contribution < 1.29 is 22.3 Å². The first-order chi connectivity index (χ1) is 9.39. The quantitative estimate of drug-likeness (QED) is 0.835. The number of rotatable bonds is 4. The first-order valence-corrected chi connectivity index (χ1v) is 7.95. The van der Waals surface area contributed by atoms with Gasteiger partial charge < -0.3 is 9.64 Å². The van der Waals surface area contributed by atoms with E-state index < -0.39 is 20.9 Å². The Morgan fingerprint density at radius 3 is 2.60 bits per heavy atom. The van der Waals surface area contributed by atoms with Crippen molar-refractivity contribution in [1.29, 1.82) is 0 Å². The second-order valence-corrected chi connectivity index (χ2v) is 7.20. The molecule has 1 amide bonds. The molecule has 0 saturated carbocycles. The summed E-state index contributed by atoms with van der Waals surface area (Å²) in [6.45, 7) is 1.92. The maximum Gasteiger partial charge on any atom is 0.254 e. The summed E-state index contributed by atoms with van der Waals surface area (Å²) in [5, 5.41) is -0.500. The summed E-state index contributed by atoms with van der Waals surface area (Å²) in [6, 6.07) is 3.94. The minimum atomic E-state index is -3.12. The molecule has 1 saturated heterocycles. The summed E-state index contributed by atoms with van der Waals surface area (Å²) >= 11 is 0. The van der Waals surface area contributed by atoms with E-state index in [9.17, 15) is 17.6 Å². The van der Waals surface area contributed by atoms with E-state index in [4.69, 9.17) is 4.74 Å². The Morgan fingerprint density at radius 2 is 2.10 bits per heavy atom. The van der Waals surface area contributed by atoms with Crippen molar-refractivity contribution in [2.24, 2.45) is 0 Å². The number of halogens is 1. The van der Waals surface area contributed by atoms with E-state index in [1.807, 2.05) is 0 Å². The molecule has 1 heterocycles. The highest BCUT2D eigenvalue weighted by Crippen LogP contribution is 2.22. The lowest BCUT2D eigenvalue weighted by Crippen LogP contribution is -2.57. The lowest BCUT2D eigenvalue weighted by Gasteiger charge is -2.38. The molecule has 0 aliphatic carbocycles. The van der Waals surface area contributed by atoms with E-state index in [1.165, 1.54) is 24.1 Å². The first kappa shape index (κ1) is 14.8. The van der Waals surface area contributed by atoms with Crippen molar-refractivity contribution >= 4 is 15.7 Å². The van der Waals surface area contributed by atoms with Gasteiger partial charge in [-0.3, -0.25) is 4.79 Å². The number of carbonyl (C=O) groups excluding carboxylic acids is 1. The molecule has 0 aromatic heterocycles. The molecule has 0 unspecified atom stereocenters. The van der Waals surface area contributed by atoms with Crippen LogP contribution in [0, 0.1) is 5.82 Å². The number of likely N-dealkylation sites (tertiary alicyclic amines) is 1. The fourth-order valence-electron chi connectivity index (χ4n) is 2.05. The van der Waals surface area contributed by atoms with Crippen LogP contribution < -0.4 is 4.74 Å². The third-order valence-electron chi connectivity index (χ3n) is 3.44. The monoisotopic (exact) mass is 301 g/mol. The molecule has 0 bridgehead atoms. The first-order valence-electron chi connectivity index (χ1n) is 6.23. The van der Waals surface area contributed by atoms with Gasteiger partial charge in [0.2, 0.25) is 0 Å². The predicted molar refractivity (Wildman–Crippen MR) is 72.1 cm³/mol. The number of amides is 1. The van der Waals surface area contributed by atoms with E-state index in [1.54, 1.807) is 6.92 Å². The van der Waals surface area contributed by atoms with Crippen LogP contribution in [-0.4, -0.2) is 50.4 Å². The van der Waals surface area contributed by atoms with Crippen LogP contribution in [0.3, 0.4) is 0 Å². The summed E-state index contributed by atoms with van der Waals surface area (Å²) in [6.07, 6.45) is 0. The Kier molecular flexibility index (Phi) is 3.99. The number of hydrogen-bond acceptors (Lipinski definition) is 4. The van der Waals surface area contributed by atoms with E-state index in [0.29, 0.717) is 0 Å². The van der Waals surface area contributed by atoms with E-state index in [0.717, 1.165) is 6.07 Å². The zero-order valence-corrected chi connectivity index (χ0v) is 12.1. The highest BCUT2D eigenvalue weighted by atomic mass is 32.2. The average Bonchev–Trinajstić information content (AvgIpc) is 2.36. The standard InChI is InChI=1S/C13H16FNO4S/c1-3-20(17,18)10-7-15(8-10)13(16)9-4-5-12(19-2)11(14)6-9/h4-6,10H,3,7-8H2,1-2H3. The molecule has 0 radical (unpaired) electrons. The Bertz CT molecular complexity index is 623. The minimum absolute atomic E-state index is 0.0663. The highest BCUT2D eigenvalue weighted by molar-refractivity contribution is 7.92. The summed E-state index contributed by atoms with van der Waals surface area (Å²) in [5.41, 5.74) is 0.190. The molecule has 20 heavy (non-hydrogen) atoms. The van der Waals surface area contributed by atoms with Crippen LogP contribution in [0.25, 0.3) is 0 Å². The normalized spacial score (nSPS) is 15.8. The Labute approximate surface area is 117 Å². The van der Waals surface area contributed by atoms with E-state index in [2.05, 4.69) is 0 Å². The maximum absolute atomic E-state index is 13.5. The van der Waals surface area contributed by atoms with Crippen molar-refractivity contribution in [3.63, 3.8) is 0 Å². The number of benzene rings is 1. The number of hydrogen-bond donors (Lipinski definition) is 0. The smallest absolute Gasteiger partial charge is 0.254 e. The van der Waals surface area contributed by atoms with Gasteiger partial charge in [0.1, 0.15) is 0 Å². The van der Waals surface area contributed by atoms with Gasteiger partial charge in [-0.05, 0) is 18.2 Å². The Balaban J connectivity index is 2.06. The van der Waals surface area contributed by atoms with Crippen LogP contribution in [0.15, 0.2) is 18.2 Å². The molecule has 0 N–H and O–H groups in total. The lowest BCUT2D eigenvalue weighted by atomic mass is 10.1. The predicted octanol–water partition coefficient (Wildman–Crippen LogP) is 1.09. The van der Waals surface area contributed by atoms with Crippen LogP contribution in [0.2, 0.25) is 0 Å². The SMILES string of the molecule is CCS(=O)(=O)C1CN(C(=O)c2ccc(OC)c(F)c2)C1. The summed E-state index contributed by atoms with van der Waals surface area (Å²) in [5.74, 6) is -0.848. The van der Waals surface area contributed by atoms with Gasteiger partial charge in [0.05, 0.1) is 12.4 Å². The summed E-state index contributed by atoms with van der Waals surface area (Å²) < 4.78 is 41.5.